The Labute approximate surface area is 146 Å². The fourth-order valence-corrected chi connectivity index (χ4v) is 7.56. The first-order valence-corrected chi connectivity index (χ1v) is 10.0. The summed E-state index contributed by atoms with van der Waals surface area (Å²) < 4.78 is 5.59. The van der Waals surface area contributed by atoms with Gasteiger partial charge < -0.3 is 9.84 Å². The smallest absolute Gasteiger partial charge is 0.137 e. The first-order valence-electron chi connectivity index (χ1n) is 10.0. The van der Waals surface area contributed by atoms with E-state index in [0.717, 1.165) is 25.2 Å². The minimum absolute atomic E-state index is 0.0209. The fourth-order valence-electron chi connectivity index (χ4n) is 7.56. The summed E-state index contributed by atoms with van der Waals surface area (Å²) >= 11 is 0. The molecule has 0 radical (unpaired) electrons. The van der Waals surface area contributed by atoms with Gasteiger partial charge in [-0.05, 0) is 73.0 Å². The minimum Gasteiger partial charge on any atom is -0.390 e. The predicted octanol–water partition coefficient (Wildman–Crippen LogP) is 3.83. The average molecular weight is 335 g/mol. The molecule has 3 nitrogen and oxygen atoms in total. The lowest BCUT2D eigenvalue weighted by atomic mass is 9.44. The van der Waals surface area contributed by atoms with Gasteiger partial charge in [-0.2, -0.15) is 0 Å². The zero-order valence-electron chi connectivity index (χ0n) is 15.8. The number of rotatable bonds is 1. The Morgan fingerprint density at radius 3 is 2.58 bits per heavy atom. The molecule has 0 aromatic heterocycles. The van der Waals surface area contributed by atoms with Gasteiger partial charge in [0, 0.05) is 19.4 Å². The molecule has 0 saturated heterocycles. The highest BCUT2D eigenvalue weighted by atomic mass is 16.5. The van der Waals surface area contributed by atoms with Crippen molar-refractivity contribution in [3.63, 3.8) is 0 Å². The van der Waals surface area contributed by atoms with Gasteiger partial charge in [0.1, 0.15) is 5.78 Å². The molecule has 0 unspecified atom stereocenters. The van der Waals surface area contributed by atoms with E-state index in [0.29, 0.717) is 23.5 Å². The van der Waals surface area contributed by atoms with Crippen LogP contribution in [0, 0.1) is 40.4 Å². The Kier molecular flexibility index (Phi) is 3.93. The monoisotopic (exact) mass is 334 g/mol. The predicted molar refractivity (Wildman–Crippen MR) is 93.5 cm³/mol. The van der Waals surface area contributed by atoms with Crippen LogP contribution in [0.2, 0.25) is 0 Å². The van der Waals surface area contributed by atoms with Crippen molar-refractivity contribution in [3.05, 3.63) is 0 Å². The van der Waals surface area contributed by atoms with Crippen LogP contribution in [0.5, 0.6) is 0 Å². The van der Waals surface area contributed by atoms with Crippen LogP contribution in [0.1, 0.15) is 65.7 Å². The number of carbonyl (C=O) groups excluding carboxylic acids is 1. The van der Waals surface area contributed by atoms with Gasteiger partial charge in [-0.3, -0.25) is 4.79 Å². The van der Waals surface area contributed by atoms with Gasteiger partial charge in [0.05, 0.1) is 12.2 Å². The molecule has 3 heteroatoms. The molecule has 0 aromatic carbocycles. The molecule has 0 amide bonds. The summed E-state index contributed by atoms with van der Waals surface area (Å²) in [6.45, 7) is 7.09. The minimum atomic E-state index is -0.361. The summed E-state index contributed by atoms with van der Waals surface area (Å²) in [6.07, 6.45) is 6.94. The van der Waals surface area contributed by atoms with E-state index in [2.05, 4.69) is 20.8 Å². The summed E-state index contributed by atoms with van der Waals surface area (Å²) in [4.78, 5) is 13.4. The molecule has 4 aliphatic rings. The fraction of sp³-hybridized carbons (Fsp3) is 0.952. The summed E-state index contributed by atoms with van der Waals surface area (Å²) in [7, 11) is 1.70. The van der Waals surface area contributed by atoms with Gasteiger partial charge >= 0.3 is 0 Å². The summed E-state index contributed by atoms with van der Waals surface area (Å²) in [6, 6.07) is 0. The van der Waals surface area contributed by atoms with E-state index in [-0.39, 0.29) is 29.0 Å². The maximum absolute atomic E-state index is 13.4. The normalized spacial score (nSPS) is 57.2. The number of fused-ring (bicyclic) bond motifs is 5. The Morgan fingerprint density at radius 2 is 1.88 bits per heavy atom. The lowest BCUT2D eigenvalue weighted by molar-refractivity contribution is -0.176. The SMILES string of the molecule is CO[C@H]1C[C@@]2(C)[C@@H](CC[C@H]3[C@@H]4CC[C@@H](C)[C@@]4(C)CC(=O)[C@@H]32)C[C@@H]1O. The van der Waals surface area contributed by atoms with Gasteiger partial charge in [0.2, 0.25) is 0 Å². The molecular weight excluding hydrogens is 300 g/mol. The van der Waals surface area contributed by atoms with E-state index in [9.17, 15) is 9.90 Å². The molecule has 0 bridgehead atoms. The van der Waals surface area contributed by atoms with E-state index in [1.807, 2.05) is 0 Å². The molecule has 4 aliphatic carbocycles. The van der Waals surface area contributed by atoms with Gasteiger partial charge in [0.15, 0.2) is 0 Å². The Morgan fingerprint density at radius 1 is 1.12 bits per heavy atom. The van der Waals surface area contributed by atoms with Crippen LogP contribution in [0.4, 0.5) is 0 Å². The van der Waals surface area contributed by atoms with Gasteiger partial charge in [-0.25, -0.2) is 0 Å². The van der Waals surface area contributed by atoms with Crippen LogP contribution in [0.25, 0.3) is 0 Å². The second-order valence-electron chi connectivity index (χ2n) is 9.94. The quantitative estimate of drug-likeness (QED) is 0.793. The molecule has 136 valence electrons. The van der Waals surface area contributed by atoms with Crippen LogP contribution in [-0.2, 0) is 9.53 Å². The van der Waals surface area contributed by atoms with Crippen molar-refractivity contribution in [2.24, 2.45) is 40.4 Å². The van der Waals surface area contributed by atoms with Crippen molar-refractivity contribution in [2.75, 3.05) is 7.11 Å². The third-order valence-electron chi connectivity index (χ3n) is 9.12. The standard InChI is InChI=1S/C21H34O3/c1-12-5-8-15-14-7-6-13-9-16(22)18(24-4)11-21(13,3)19(14)17(23)10-20(12,15)2/h12-16,18-19,22H,5-11H2,1-4H3/t12-,13+,14+,15+,16+,18+,19-,20-,21+/m1/s1. The van der Waals surface area contributed by atoms with Crippen LogP contribution < -0.4 is 0 Å². The van der Waals surface area contributed by atoms with Crippen molar-refractivity contribution >= 4 is 5.78 Å². The van der Waals surface area contributed by atoms with Crippen molar-refractivity contribution in [3.8, 4) is 0 Å². The Hall–Kier alpha value is -0.410. The lowest BCUT2D eigenvalue weighted by Gasteiger charge is -2.60. The highest BCUT2D eigenvalue weighted by Crippen LogP contribution is 2.66. The maximum atomic E-state index is 13.4. The summed E-state index contributed by atoms with van der Waals surface area (Å²) in [5.74, 6) is 3.16. The number of ether oxygens (including phenoxy) is 1. The largest absolute Gasteiger partial charge is 0.390 e. The molecule has 0 aromatic rings. The van der Waals surface area contributed by atoms with E-state index in [1.165, 1.54) is 25.7 Å². The number of aliphatic hydroxyl groups is 1. The molecule has 1 N–H and O–H groups in total. The third kappa shape index (κ3) is 2.13. The molecule has 0 aliphatic heterocycles. The lowest BCUT2D eigenvalue weighted by Crippen LogP contribution is -2.59. The van der Waals surface area contributed by atoms with Crippen LogP contribution in [0.3, 0.4) is 0 Å². The number of carbonyl (C=O) groups is 1. The van der Waals surface area contributed by atoms with Crippen molar-refractivity contribution in [2.45, 2.75) is 77.9 Å². The molecule has 0 spiro atoms. The molecule has 9 atom stereocenters. The Balaban J connectivity index is 1.69. The second kappa shape index (κ2) is 5.54. The number of ketones is 1. The topological polar surface area (TPSA) is 46.5 Å². The molecular formula is C21H34O3. The number of hydrogen-bond acceptors (Lipinski definition) is 3. The first kappa shape index (κ1) is 17.0. The van der Waals surface area contributed by atoms with E-state index >= 15 is 0 Å². The second-order valence-corrected chi connectivity index (χ2v) is 9.94. The average Bonchev–Trinajstić information content (AvgIpc) is 2.82. The van der Waals surface area contributed by atoms with Crippen LogP contribution >= 0.6 is 0 Å². The number of Topliss-reactive ketones (excluding diaryl/α,β-unsaturated/α-hetero) is 1. The molecule has 4 fully saturated rings. The summed E-state index contributed by atoms with van der Waals surface area (Å²) in [5.41, 5.74) is 0.253. The molecule has 4 rings (SSSR count). The highest BCUT2D eigenvalue weighted by molar-refractivity contribution is 5.84. The third-order valence-corrected chi connectivity index (χ3v) is 9.12. The molecule has 4 saturated carbocycles. The van der Waals surface area contributed by atoms with Gasteiger partial charge in [0.25, 0.3) is 0 Å². The van der Waals surface area contributed by atoms with E-state index in [1.54, 1.807) is 7.11 Å². The van der Waals surface area contributed by atoms with Gasteiger partial charge in [-0.15, -0.1) is 0 Å². The van der Waals surface area contributed by atoms with Crippen molar-refractivity contribution < 1.29 is 14.6 Å². The van der Waals surface area contributed by atoms with E-state index < -0.39 is 0 Å². The zero-order valence-corrected chi connectivity index (χ0v) is 15.8. The number of aliphatic hydroxyl groups excluding tert-OH is 1. The van der Waals surface area contributed by atoms with E-state index in [4.69, 9.17) is 4.74 Å². The Bertz CT molecular complexity index is 531. The first-order chi connectivity index (χ1) is 11.3. The maximum Gasteiger partial charge on any atom is 0.137 e. The van der Waals surface area contributed by atoms with Crippen LogP contribution in [0.15, 0.2) is 0 Å². The number of hydrogen-bond donors (Lipinski definition) is 1. The highest BCUT2D eigenvalue weighted by Gasteiger charge is 2.63. The van der Waals surface area contributed by atoms with Crippen LogP contribution in [-0.4, -0.2) is 30.2 Å². The van der Waals surface area contributed by atoms with Gasteiger partial charge in [-0.1, -0.05) is 20.8 Å². The zero-order chi connectivity index (χ0) is 17.3. The molecule has 24 heavy (non-hydrogen) atoms. The van der Waals surface area contributed by atoms with Crippen molar-refractivity contribution in [1.82, 2.24) is 0 Å². The van der Waals surface area contributed by atoms with Crippen molar-refractivity contribution in [1.29, 1.82) is 0 Å². The molecule has 0 heterocycles. The summed E-state index contributed by atoms with van der Waals surface area (Å²) in [5, 5.41) is 10.4. The number of methoxy groups -OCH3 is 1.